The van der Waals surface area contributed by atoms with Crippen LogP contribution in [0.2, 0.25) is 0 Å². The number of hydrogen-bond donors (Lipinski definition) is 0. The fourth-order valence-corrected chi connectivity index (χ4v) is 3.46. The van der Waals surface area contributed by atoms with Crippen molar-refractivity contribution in [2.45, 2.75) is 25.7 Å². The number of rotatable bonds is 6. The van der Waals surface area contributed by atoms with Gasteiger partial charge in [-0.25, -0.2) is 0 Å². The number of carbonyl (C=O) groups excluding carboxylic acids is 2. The van der Waals surface area contributed by atoms with Crippen LogP contribution in [0.25, 0.3) is 0 Å². The molecule has 0 heterocycles. The number of hydrogen-bond acceptors (Lipinski definition) is 4. The minimum atomic E-state index is -1.41. The molecule has 2 rings (SSSR count). The monoisotopic (exact) mass is 323 g/mol. The smallest absolute Gasteiger partial charge is 0.327 e. The van der Waals surface area contributed by atoms with Gasteiger partial charge in [0.15, 0.2) is 5.41 Å². The van der Waals surface area contributed by atoms with Gasteiger partial charge in [-0.15, -0.1) is 6.58 Å². The van der Waals surface area contributed by atoms with Crippen molar-refractivity contribution >= 4 is 12.3 Å². The summed E-state index contributed by atoms with van der Waals surface area (Å²) in [6.45, 7) is 5.62. The van der Waals surface area contributed by atoms with E-state index in [1.807, 2.05) is 36.4 Å². The van der Waals surface area contributed by atoms with Crippen molar-refractivity contribution in [1.82, 2.24) is 0 Å². The molecule has 1 aliphatic carbocycles. The molecule has 0 fully saturated rings. The third-order valence-corrected chi connectivity index (χ3v) is 4.42. The van der Waals surface area contributed by atoms with E-state index in [0.717, 1.165) is 11.8 Å². The molecule has 0 bridgehead atoms. The first-order valence-corrected chi connectivity index (χ1v) is 8.04. The standard InChI is InChI=1S/C20H21NO3/c1-3-8-15-11-17(13-22)18(16-9-6-5-7-10-16)20(12-15,14-21)19(23)24-4-2/h3,5-7,9-11,13,15,18H,1,4,8,12H2,2H3/t15-,18+,20+/m0/s1. The molecule has 0 aliphatic heterocycles. The number of nitriles is 1. The van der Waals surface area contributed by atoms with Crippen LogP contribution in [0.4, 0.5) is 0 Å². The van der Waals surface area contributed by atoms with Crippen LogP contribution in [0, 0.1) is 22.7 Å². The Labute approximate surface area is 142 Å². The van der Waals surface area contributed by atoms with Gasteiger partial charge < -0.3 is 4.74 Å². The Morgan fingerprint density at radius 2 is 2.17 bits per heavy atom. The van der Waals surface area contributed by atoms with Crippen LogP contribution in [-0.2, 0) is 14.3 Å². The van der Waals surface area contributed by atoms with Crippen LogP contribution in [0.1, 0.15) is 31.2 Å². The van der Waals surface area contributed by atoms with Gasteiger partial charge in [-0.05, 0) is 36.8 Å². The molecular formula is C20H21NO3. The molecule has 3 atom stereocenters. The van der Waals surface area contributed by atoms with E-state index < -0.39 is 17.3 Å². The van der Waals surface area contributed by atoms with Crippen molar-refractivity contribution in [3.8, 4) is 6.07 Å². The van der Waals surface area contributed by atoms with E-state index in [-0.39, 0.29) is 12.5 Å². The molecule has 0 radical (unpaired) electrons. The minimum Gasteiger partial charge on any atom is -0.465 e. The molecule has 0 saturated carbocycles. The maximum Gasteiger partial charge on any atom is 0.327 e. The zero-order valence-electron chi connectivity index (χ0n) is 13.8. The predicted octanol–water partition coefficient (Wildman–Crippen LogP) is 3.56. The molecule has 0 aromatic heterocycles. The molecule has 124 valence electrons. The van der Waals surface area contributed by atoms with E-state index >= 15 is 0 Å². The third kappa shape index (κ3) is 3.16. The first kappa shape index (κ1) is 17.7. The Balaban J connectivity index is 2.64. The molecule has 24 heavy (non-hydrogen) atoms. The summed E-state index contributed by atoms with van der Waals surface area (Å²) in [7, 11) is 0. The van der Waals surface area contributed by atoms with Gasteiger partial charge in [-0.2, -0.15) is 5.26 Å². The van der Waals surface area contributed by atoms with Crippen LogP contribution in [0.5, 0.6) is 0 Å². The van der Waals surface area contributed by atoms with E-state index in [9.17, 15) is 14.9 Å². The van der Waals surface area contributed by atoms with Crippen molar-refractivity contribution in [2.24, 2.45) is 11.3 Å². The van der Waals surface area contributed by atoms with Crippen molar-refractivity contribution in [3.63, 3.8) is 0 Å². The lowest BCUT2D eigenvalue weighted by molar-refractivity contribution is -0.154. The second-order valence-corrected chi connectivity index (χ2v) is 5.92. The van der Waals surface area contributed by atoms with E-state index in [4.69, 9.17) is 4.74 Å². The Bertz CT molecular complexity index is 687. The molecule has 1 aliphatic rings. The van der Waals surface area contributed by atoms with Crippen LogP contribution in [-0.4, -0.2) is 18.9 Å². The summed E-state index contributed by atoms with van der Waals surface area (Å²) in [5.41, 5.74) is -0.188. The van der Waals surface area contributed by atoms with Gasteiger partial charge in [0, 0.05) is 5.92 Å². The zero-order chi connectivity index (χ0) is 17.6. The summed E-state index contributed by atoms with van der Waals surface area (Å²) in [4.78, 5) is 24.5. The first-order valence-electron chi connectivity index (χ1n) is 8.04. The van der Waals surface area contributed by atoms with E-state index in [0.29, 0.717) is 18.4 Å². The quantitative estimate of drug-likeness (QED) is 0.456. The van der Waals surface area contributed by atoms with Crippen LogP contribution in [0.3, 0.4) is 0 Å². The van der Waals surface area contributed by atoms with Crippen molar-refractivity contribution in [1.29, 1.82) is 5.26 Å². The van der Waals surface area contributed by atoms with Gasteiger partial charge in [0.05, 0.1) is 12.7 Å². The minimum absolute atomic E-state index is 0.0910. The van der Waals surface area contributed by atoms with E-state index in [1.165, 1.54) is 0 Å². The summed E-state index contributed by atoms with van der Waals surface area (Å²) >= 11 is 0. The molecule has 1 aromatic rings. The Hall–Kier alpha value is -2.67. The second-order valence-electron chi connectivity index (χ2n) is 5.92. The number of carbonyl (C=O) groups is 2. The molecule has 0 spiro atoms. The van der Waals surface area contributed by atoms with Crippen LogP contribution in [0.15, 0.2) is 54.6 Å². The lowest BCUT2D eigenvalue weighted by atomic mass is 9.61. The third-order valence-electron chi connectivity index (χ3n) is 4.42. The Morgan fingerprint density at radius 1 is 1.46 bits per heavy atom. The largest absolute Gasteiger partial charge is 0.465 e. The highest BCUT2D eigenvalue weighted by atomic mass is 16.5. The van der Waals surface area contributed by atoms with Gasteiger partial charge in [-0.1, -0.05) is 42.5 Å². The molecule has 1 aromatic carbocycles. The van der Waals surface area contributed by atoms with Crippen molar-refractivity contribution in [3.05, 3.63) is 60.2 Å². The van der Waals surface area contributed by atoms with E-state index in [1.54, 1.807) is 13.0 Å². The highest BCUT2D eigenvalue weighted by Gasteiger charge is 2.53. The highest BCUT2D eigenvalue weighted by molar-refractivity contribution is 5.87. The number of aldehydes is 1. The Morgan fingerprint density at radius 3 is 2.71 bits per heavy atom. The molecular weight excluding hydrogens is 302 g/mol. The van der Waals surface area contributed by atoms with E-state index in [2.05, 4.69) is 12.6 Å². The topological polar surface area (TPSA) is 67.2 Å². The zero-order valence-corrected chi connectivity index (χ0v) is 13.8. The number of nitrogens with zero attached hydrogens (tertiary/aromatic N) is 1. The number of ether oxygens (including phenoxy) is 1. The van der Waals surface area contributed by atoms with Gasteiger partial charge in [-0.3, -0.25) is 9.59 Å². The van der Waals surface area contributed by atoms with Gasteiger partial charge in [0.2, 0.25) is 0 Å². The predicted molar refractivity (Wildman–Crippen MR) is 90.9 cm³/mol. The van der Waals surface area contributed by atoms with Crippen molar-refractivity contribution in [2.75, 3.05) is 6.61 Å². The first-order chi connectivity index (χ1) is 11.6. The summed E-state index contributed by atoms with van der Waals surface area (Å²) in [5, 5.41) is 9.95. The SMILES string of the molecule is C=CC[C@H]1C=C(C=O)[C@@H](c2ccccc2)[C@@](C#N)(C(=O)OCC)C1. The highest BCUT2D eigenvalue weighted by Crippen LogP contribution is 2.50. The fourth-order valence-electron chi connectivity index (χ4n) is 3.46. The molecule has 0 unspecified atom stereocenters. The van der Waals surface area contributed by atoms with Crippen LogP contribution >= 0.6 is 0 Å². The molecule has 0 N–H and O–H groups in total. The lowest BCUT2D eigenvalue weighted by Crippen LogP contribution is -2.42. The average molecular weight is 323 g/mol. The maximum absolute atomic E-state index is 12.7. The number of esters is 1. The number of benzene rings is 1. The summed E-state index contributed by atoms with van der Waals surface area (Å²) in [6, 6.07) is 11.4. The lowest BCUT2D eigenvalue weighted by Gasteiger charge is -2.39. The van der Waals surface area contributed by atoms with Gasteiger partial charge in [0.25, 0.3) is 0 Å². The summed E-state index contributed by atoms with van der Waals surface area (Å²) in [5.74, 6) is -1.28. The summed E-state index contributed by atoms with van der Waals surface area (Å²) < 4.78 is 5.22. The van der Waals surface area contributed by atoms with Crippen molar-refractivity contribution < 1.29 is 14.3 Å². The second kappa shape index (κ2) is 7.74. The fraction of sp³-hybridized carbons (Fsp3) is 0.350. The summed E-state index contributed by atoms with van der Waals surface area (Å²) in [6.07, 6.45) is 5.26. The van der Waals surface area contributed by atoms with Crippen LogP contribution < -0.4 is 0 Å². The molecule has 0 amide bonds. The molecule has 4 nitrogen and oxygen atoms in total. The maximum atomic E-state index is 12.7. The Kier molecular flexibility index (Phi) is 5.70. The van der Waals surface area contributed by atoms with Gasteiger partial charge >= 0.3 is 5.97 Å². The normalized spacial score (nSPS) is 25.9. The average Bonchev–Trinajstić information content (AvgIpc) is 2.62. The molecule has 4 heteroatoms. The molecule has 0 saturated heterocycles. The number of allylic oxidation sites excluding steroid dienone is 3. The van der Waals surface area contributed by atoms with Gasteiger partial charge in [0.1, 0.15) is 6.29 Å².